The van der Waals surface area contributed by atoms with Crippen LogP contribution in [-0.2, 0) is 14.4 Å². The Hall–Kier alpha value is -1.85. The number of aliphatic carboxylic acids is 1. The summed E-state index contributed by atoms with van der Waals surface area (Å²) >= 11 is 0. The highest BCUT2D eigenvalue weighted by molar-refractivity contribution is 5.89. The zero-order chi connectivity index (χ0) is 25.2. The van der Waals surface area contributed by atoms with Gasteiger partial charge < -0.3 is 15.3 Å². The molecule has 3 saturated carbocycles. The van der Waals surface area contributed by atoms with Crippen LogP contribution in [0, 0.1) is 34.5 Å². The normalized spacial score (nSPS) is 38.0. The number of nitrogens with zero attached hydrogens (tertiary/aromatic N) is 1. The van der Waals surface area contributed by atoms with Crippen molar-refractivity contribution in [2.75, 3.05) is 13.6 Å². The molecule has 6 nitrogen and oxygen atoms in total. The van der Waals surface area contributed by atoms with Crippen molar-refractivity contribution in [3.8, 4) is 0 Å². The summed E-state index contributed by atoms with van der Waals surface area (Å²) in [5.41, 5.74) is 0.398. The lowest BCUT2D eigenvalue weighted by atomic mass is 9.47. The van der Waals surface area contributed by atoms with E-state index in [1.54, 1.807) is 0 Å². The van der Waals surface area contributed by atoms with Crippen molar-refractivity contribution in [3.05, 3.63) is 12.2 Å². The number of hydrogen-bond donors (Lipinski definition) is 2. The van der Waals surface area contributed by atoms with Gasteiger partial charge in [-0.25, -0.2) is 0 Å². The minimum absolute atomic E-state index is 0.0901. The van der Waals surface area contributed by atoms with Gasteiger partial charge in [0, 0.05) is 37.9 Å². The molecule has 4 aliphatic rings. The van der Waals surface area contributed by atoms with Crippen LogP contribution in [-0.4, -0.2) is 47.4 Å². The van der Waals surface area contributed by atoms with Crippen LogP contribution in [0.2, 0.25) is 0 Å². The maximum Gasteiger partial charge on any atom is 0.303 e. The fourth-order valence-electron chi connectivity index (χ4n) is 8.60. The number of nitrogens with one attached hydrogen (secondary N) is 1. The zero-order valence-corrected chi connectivity index (χ0v) is 22.1. The van der Waals surface area contributed by atoms with Gasteiger partial charge >= 0.3 is 5.97 Å². The Morgan fingerprint density at radius 3 is 2.46 bits per heavy atom. The smallest absolute Gasteiger partial charge is 0.303 e. The van der Waals surface area contributed by atoms with Crippen LogP contribution in [0.1, 0.15) is 97.3 Å². The molecule has 0 bridgehead atoms. The quantitative estimate of drug-likeness (QED) is 0.417. The number of unbranched alkanes of at least 4 members (excludes halogenated alkanes) is 4. The van der Waals surface area contributed by atoms with E-state index in [1.807, 2.05) is 18.0 Å². The largest absolute Gasteiger partial charge is 0.481 e. The summed E-state index contributed by atoms with van der Waals surface area (Å²) in [6.45, 7) is 5.70. The van der Waals surface area contributed by atoms with Gasteiger partial charge in [-0.05, 0) is 86.5 Å². The predicted molar refractivity (Wildman–Crippen MR) is 137 cm³/mol. The Kier molecular flexibility index (Phi) is 7.97. The fraction of sp³-hybridized carbons (Fsp3) is 0.828. The summed E-state index contributed by atoms with van der Waals surface area (Å²) in [6, 6.07) is 0.333. The highest BCUT2D eigenvalue weighted by Crippen LogP contribution is 2.65. The molecule has 0 aromatic rings. The van der Waals surface area contributed by atoms with Crippen molar-refractivity contribution >= 4 is 17.8 Å². The van der Waals surface area contributed by atoms with E-state index in [4.69, 9.17) is 5.11 Å². The number of carboxylic acids is 1. The Bertz CT molecular complexity index is 841. The van der Waals surface area contributed by atoms with Gasteiger partial charge in [-0.3, -0.25) is 14.4 Å². The number of amides is 2. The molecule has 7 atom stereocenters. The van der Waals surface area contributed by atoms with Gasteiger partial charge in [-0.15, -0.1) is 0 Å². The van der Waals surface area contributed by atoms with E-state index in [0.717, 1.165) is 56.9 Å². The second-order valence-electron chi connectivity index (χ2n) is 12.4. The number of carbonyl (C=O) groups is 3. The Balaban J connectivity index is 1.26. The molecule has 0 radical (unpaired) electrons. The molecule has 2 amide bonds. The van der Waals surface area contributed by atoms with Gasteiger partial charge in [-0.1, -0.05) is 39.2 Å². The highest BCUT2D eigenvalue weighted by atomic mass is 16.4. The monoisotopic (exact) mass is 486 g/mol. The molecule has 3 fully saturated rings. The lowest BCUT2D eigenvalue weighted by Crippen LogP contribution is -2.59. The van der Waals surface area contributed by atoms with Gasteiger partial charge in [0.05, 0.1) is 0 Å². The van der Waals surface area contributed by atoms with Crippen molar-refractivity contribution < 1.29 is 19.5 Å². The van der Waals surface area contributed by atoms with E-state index >= 15 is 0 Å². The Morgan fingerprint density at radius 2 is 1.71 bits per heavy atom. The van der Waals surface area contributed by atoms with E-state index < -0.39 is 5.97 Å². The fourth-order valence-corrected chi connectivity index (χ4v) is 8.60. The van der Waals surface area contributed by atoms with Crippen molar-refractivity contribution in [1.82, 2.24) is 10.2 Å². The second kappa shape index (κ2) is 10.6. The Labute approximate surface area is 211 Å². The first-order valence-electron chi connectivity index (χ1n) is 14.1. The minimum atomic E-state index is -0.725. The van der Waals surface area contributed by atoms with Gasteiger partial charge in [-0.2, -0.15) is 0 Å². The van der Waals surface area contributed by atoms with Crippen LogP contribution >= 0.6 is 0 Å². The van der Waals surface area contributed by atoms with E-state index in [0.29, 0.717) is 29.7 Å². The second-order valence-corrected chi connectivity index (χ2v) is 12.4. The topological polar surface area (TPSA) is 86.7 Å². The molecule has 196 valence electrons. The maximum atomic E-state index is 12.5. The molecule has 3 aliphatic carbocycles. The SMILES string of the molecule is CN1C(=O)C=C[C@]2(C)[C@H]3CC[C@]4(C)[C@@H](CNC(=O)CCCCCCCC(=O)O)CC[C@H]4[C@@H]3CC[C@@H]12. The van der Waals surface area contributed by atoms with Crippen LogP contribution in [0.4, 0.5) is 0 Å². The first-order valence-corrected chi connectivity index (χ1v) is 14.1. The molecule has 0 spiro atoms. The molecule has 1 aliphatic heterocycles. The van der Waals surface area contributed by atoms with Gasteiger partial charge in [0.15, 0.2) is 0 Å². The van der Waals surface area contributed by atoms with Gasteiger partial charge in [0.1, 0.15) is 0 Å². The minimum Gasteiger partial charge on any atom is -0.481 e. The molecular formula is C29H46N2O4. The van der Waals surface area contributed by atoms with E-state index in [9.17, 15) is 14.4 Å². The summed E-state index contributed by atoms with van der Waals surface area (Å²) in [7, 11) is 1.98. The number of fused-ring (bicyclic) bond motifs is 5. The molecule has 1 heterocycles. The zero-order valence-electron chi connectivity index (χ0n) is 22.1. The number of hydrogen-bond acceptors (Lipinski definition) is 3. The number of carbonyl (C=O) groups excluding carboxylic acids is 2. The summed E-state index contributed by atoms with van der Waals surface area (Å²) < 4.78 is 0. The van der Waals surface area contributed by atoms with Crippen LogP contribution in [0.15, 0.2) is 12.2 Å². The molecule has 4 rings (SSSR count). The number of rotatable bonds is 10. The summed E-state index contributed by atoms with van der Waals surface area (Å²) in [6.07, 6.45) is 16.7. The molecule has 0 saturated heterocycles. The first kappa shape index (κ1) is 26.2. The third-order valence-corrected chi connectivity index (χ3v) is 10.7. The van der Waals surface area contributed by atoms with Crippen molar-refractivity contribution in [1.29, 1.82) is 0 Å². The molecule has 0 aromatic carbocycles. The number of carboxylic acid groups (broad SMARTS) is 1. The average Bonchev–Trinajstić information content (AvgIpc) is 3.16. The lowest BCUT2D eigenvalue weighted by Gasteiger charge is -2.60. The highest BCUT2D eigenvalue weighted by Gasteiger charge is 2.60. The molecule has 35 heavy (non-hydrogen) atoms. The molecule has 2 N–H and O–H groups in total. The Morgan fingerprint density at radius 1 is 1.00 bits per heavy atom. The maximum absolute atomic E-state index is 12.5. The van der Waals surface area contributed by atoms with Crippen molar-refractivity contribution in [2.45, 2.75) is 103 Å². The third kappa shape index (κ3) is 5.17. The summed E-state index contributed by atoms with van der Waals surface area (Å²) in [5.74, 6) is 2.26. The van der Waals surface area contributed by atoms with Crippen LogP contribution in [0.25, 0.3) is 0 Å². The summed E-state index contributed by atoms with van der Waals surface area (Å²) in [5, 5.41) is 12.0. The van der Waals surface area contributed by atoms with Crippen molar-refractivity contribution in [3.63, 3.8) is 0 Å². The van der Waals surface area contributed by atoms with Gasteiger partial charge in [0.25, 0.3) is 0 Å². The van der Waals surface area contributed by atoms with Gasteiger partial charge in [0.2, 0.25) is 11.8 Å². The average molecular weight is 487 g/mol. The third-order valence-electron chi connectivity index (χ3n) is 10.7. The van der Waals surface area contributed by atoms with Crippen molar-refractivity contribution in [2.24, 2.45) is 34.5 Å². The number of likely N-dealkylation sites (N-methyl/N-ethyl adjacent to an activating group) is 1. The van der Waals surface area contributed by atoms with Crippen LogP contribution in [0.3, 0.4) is 0 Å². The standard InChI is InChI=1S/C29H46N2O4/c1-28-17-15-23-21(12-14-24-29(23,2)18-16-26(33)31(24)3)22(28)13-11-20(28)19-30-25(32)9-7-5-4-6-8-10-27(34)35/h16,18,20-24H,4-15,17,19H2,1-3H3,(H,30,32)(H,34,35)/t20-,21+,22+,23+,24-,28-,29-/m1/s1. The summed E-state index contributed by atoms with van der Waals surface area (Å²) in [4.78, 5) is 37.3. The molecule has 6 heteroatoms. The van der Waals surface area contributed by atoms with E-state index in [2.05, 4.69) is 25.2 Å². The lowest BCUT2D eigenvalue weighted by molar-refractivity contribution is -0.139. The molecule has 0 unspecified atom stereocenters. The molecular weight excluding hydrogens is 440 g/mol. The van der Waals surface area contributed by atoms with Crippen LogP contribution < -0.4 is 5.32 Å². The van der Waals surface area contributed by atoms with Crippen LogP contribution in [0.5, 0.6) is 0 Å². The molecule has 0 aromatic heterocycles. The van der Waals surface area contributed by atoms with E-state index in [-0.39, 0.29) is 23.7 Å². The van der Waals surface area contributed by atoms with E-state index in [1.165, 1.54) is 32.1 Å². The first-order chi connectivity index (χ1) is 16.7. The predicted octanol–water partition coefficient (Wildman–Crippen LogP) is 5.17.